The van der Waals surface area contributed by atoms with Crippen molar-refractivity contribution in [3.8, 4) is 26.7 Å². The Hall–Kier alpha value is -2.69. The Morgan fingerprint density at radius 1 is 1.00 bits per heavy atom. The van der Waals surface area contributed by atoms with Crippen LogP contribution in [0.3, 0.4) is 0 Å². The monoisotopic (exact) mass is 500 g/mol. The average Bonchev–Trinajstić information content (AvgIpc) is 3.36. The van der Waals surface area contributed by atoms with Gasteiger partial charge in [0.1, 0.15) is 11.5 Å². The first kappa shape index (κ1) is 22.5. The molecule has 0 bridgehead atoms. The van der Waals surface area contributed by atoms with Crippen LogP contribution >= 0.6 is 22.9 Å². The summed E-state index contributed by atoms with van der Waals surface area (Å²) in [5.74, 6) is -0.787. The first-order valence-corrected chi connectivity index (χ1v) is 12.1. The second-order valence-corrected chi connectivity index (χ2v) is 10.4. The summed E-state index contributed by atoms with van der Waals surface area (Å²) in [6.07, 6.45) is -3.65. The van der Waals surface area contributed by atoms with Crippen molar-refractivity contribution in [3.63, 3.8) is 0 Å². The van der Waals surface area contributed by atoms with Gasteiger partial charge in [0, 0.05) is 16.2 Å². The van der Waals surface area contributed by atoms with Crippen LogP contribution in [0, 0.1) is 5.82 Å². The topological polar surface area (TPSA) is 52.0 Å². The molecule has 0 amide bonds. The fourth-order valence-electron chi connectivity index (χ4n) is 3.04. The van der Waals surface area contributed by atoms with Gasteiger partial charge >= 0.3 is 6.18 Å². The minimum absolute atomic E-state index is 0.0222. The molecule has 2 aromatic carbocycles. The van der Waals surface area contributed by atoms with E-state index >= 15 is 0 Å². The average molecular weight is 501 g/mol. The Kier molecular flexibility index (Phi) is 5.64. The molecule has 0 saturated heterocycles. The van der Waals surface area contributed by atoms with Crippen molar-refractivity contribution in [1.29, 1.82) is 0 Å². The molecule has 0 radical (unpaired) electrons. The molecule has 0 fully saturated rings. The molecule has 0 saturated carbocycles. The van der Waals surface area contributed by atoms with Gasteiger partial charge in [0.05, 0.1) is 15.5 Å². The number of hydrogen-bond donors (Lipinski definition) is 0. The van der Waals surface area contributed by atoms with Crippen LogP contribution < -0.4 is 0 Å². The zero-order valence-corrected chi connectivity index (χ0v) is 18.6. The number of benzene rings is 2. The standard InChI is InChI=1S/C21H13ClF4N2O2S2/c1-32(29,30)14-4-2-3-12(9-14)18-7-8-19(31-18)17-11-20(21(24,25)26)27-28(17)16-10-13(22)5-6-15(16)23/h2-11H,1H3. The number of halogens is 5. The maximum absolute atomic E-state index is 14.4. The third-order valence-corrected chi connectivity index (χ3v) is 7.04. The number of thiophene rings is 1. The van der Waals surface area contributed by atoms with E-state index in [-0.39, 0.29) is 21.3 Å². The molecule has 32 heavy (non-hydrogen) atoms. The number of rotatable bonds is 4. The molecule has 11 heteroatoms. The first-order chi connectivity index (χ1) is 14.9. The molecule has 0 aliphatic rings. The Balaban J connectivity index is 1.86. The largest absolute Gasteiger partial charge is 0.435 e. The van der Waals surface area contributed by atoms with Crippen molar-refractivity contribution in [2.24, 2.45) is 0 Å². The van der Waals surface area contributed by atoms with Gasteiger partial charge in [-0.25, -0.2) is 17.5 Å². The predicted molar refractivity (Wildman–Crippen MR) is 115 cm³/mol. The summed E-state index contributed by atoms with van der Waals surface area (Å²) in [7, 11) is -3.43. The maximum Gasteiger partial charge on any atom is 0.435 e. The fraction of sp³-hybridized carbons (Fsp3) is 0.0952. The Morgan fingerprint density at radius 2 is 1.72 bits per heavy atom. The molecular formula is C21H13ClF4N2O2S2. The molecular weight excluding hydrogens is 488 g/mol. The van der Waals surface area contributed by atoms with E-state index < -0.39 is 27.5 Å². The van der Waals surface area contributed by atoms with Crippen LogP contribution in [0.5, 0.6) is 0 Å². The highest BCUT2D eigenvalue weighted by atomic mass is 35.5. The van der Waals surface area contributed by atoms with Crippen molar-refractivity contribution in [2.75, 3.05) is 6.26 Å². The Morgan fingerprint density at radius 3 is 2.41 bits per heavy atom. The van der Waals surface area contributed by atoms with E-state index in [9.17, 15) is 26.0 Å². The molecule has 0 unspecified atom stereocenters. The van der Waals surface area contributed by atoms with E-state index in [1.54, 1.807) is 24.3 Å². The Bertz CT molecular complexity index is 1430. The summed E-state index contributed by atoms with van der Waals surface area (Å²) in [4.78, 5) is 1.13. The highest BCUT2D eigenvalue weighted by molar-refractivity contribution is 7.90. The summed E-state index contributed by atoms with van der Waals surface area (Å²) in [6.45, 7) is 0. The van der Waals surface area contributed by atoms with Crippen LogP contribution in [0.2, 0.25) is 5.02 Å². The van der Waals surface area contributed by atoms with E-state index in [0.29, 0.717) is 15.3 Å². The third-order valence-electron chi connectivity index (χ3n) is 4.54. The zero-order chi connectivity index (χ0) is 23.3. The van der Waals surface area contributed by atoms with E-state index in [1.807, 2.05) is 0 Å². The minimum atomic E-state index is -4.74. The molecule has 0 spiro atoms. The van der Waals surface area contributed by atoms with Crippen LogP contribution in [0.4, 0.5) is 17.6 Å². The van der Waals surface area contributed by atoms with Crippen molar-refractivity contribution >= 4 is 32.8 Å². The number of alkyl halides is 3. The molecule has 166 valence electrons. The number of nitrogens with zero attached hydrogens (tertiary/aromatic N) is 2. The quantitative estimate of drug-likeness (QED) is 0.301. The molecule has 4 nitrogen and oxygen atoms in total. The number of sulfone groups is 1. The van der Waals surface area contributed by atoms with Crippen LogP contribution in [0.25, 0.3) is 26.7 Å². The van der Waals surface area contributed by atoms with E-state index in [2.05, 4.69) is 5.10 Å². The van der Waals surface area contributed by atoms with E-state index in [1.165, 1.54) is 24.3 Å². The lowest BCUT2D eigenvalue weighted by Crippen LogP contribution is -2.08. The molecule has 2 aromatic heterocycles. The molecule has 0 atom stereocenters. The van der Waals surface area contributed by atoms with Crippen molar-refractivity contribution in [3.05, 3.63) is 77.2 Å². The number of hydrogen-bond acceptors (Lipinski definition) is 4. The smallest absolute Gasteiger partial charge is 0.229 e. The number of aromatic nitrogens is 2. The molecule has 4 rings (SSSR count). The van der Waals surface area contributed by atoms with Crippen molar-refractivity contribution < 1.29 is 26.0 Å². The molecule has 0 aliphatic heterocycles. The second kappa shape index (κ2) is 8.02. The lowest BCUT2D eigenvalue weighted by molar-refractivity contribution is -0.141. The van der Waals surface area contributed by atoms with Gasteiger partial charge < -0.3 is 0 Å². The summed E-state index contributed by atoms with van der Waals surface area (Å²) in [5.41, 5.74) is -0.799. The van der Waals surface area contributed by atoms with Gasteiger partial charge in [-0.3, -0.25) is 0 Å². The lowest BCUT2D eigenvalue weighted by atomic mass is 10.2. The summed E-state index contributed by atoms with van der Waals surface area (Å²) < 4.78 is 79.1. The summed E-state index contributed by atoms with van der Waals surface area (Å²) in [6, 6.07) is 13.8. The van der Waals surface area contributed by atoms with Gasteiger partial charge in [-0.05, 0) is 54.1 Å². The predicted octanol–water partition coefficient (Wildman–Crippen LogP) is 6.48. The van der Waals surface area contributed by atoms with Crippen LogP contribution in [-0.4, -0.2) is 24.5 Å². The Labute approximate surface area is 189 Å². The van der Waals surface area contributed by atoms with Crippen LogP contribution in [0.15, 0.2) is 65.6 Å². The maximum atomic E-state index is 14.4. The van der Waals surface area contributed by atoms with E-state index in [4.69, 9.17) is 11.6 Å². The molecule has 0 N–H and O–H groups in total. The highest BCUT2D eigenvalue weighted by Crippen LogP contribution is 2.39. The van der Waals surface area contributed by atoms with Crippen molar-refractivity contribution in [2.45, 2.75) is 11.1 Å². The van der Waals surface area contributed by atoms with Crippen molar-refractivity contribution in [1.82, 2.24) is 9.78 Å². The van der Waals surface area contributed by atoms with Crippen LogP contribution in [0.1, 0.15) is 5.69 Å². The van der Waals surface area contributed by atoms with Gasteiger partial charge in [-0.1, -0.05) is 23.7 Å². The van der Waals surface area contributed by atoms with Gasteiger partial charge in [0.2, 0.25) is 0 Å². The van der Waals surface area contributed by atoms with Gasteiger partial charge in [0.15, 0.2) is 15.5 Å². The summed E-state index contributed by atoms with van der Waals surface area (Å²) in [5, 5.41) is 3.72. The first-order valence-electron chi connectivity index (χ1n) is 8.97. The van der Waals surface area contributed by atoms with Gasteiger partial charge in [-0.2, -0.15) is 18.3 Å². The summed E-state index contributed by atoms with van der Waals surface area (Å²) >= 11 is 7.04. The molecule has 0 aliphatic carbocycles. The van der Waals surface area contributed by atoms with Gasteiger partial charge in [-0.15, -0.1) is 11.3 Å². The second-order valence-electron chi connectivity index (χ2n) is 6.88. The third kappa shape index (κ3) is 4.43. The lowest BCUT2D eigenvalue weighted by Gasteiger charge is -2.08. The minimum Gasteiger partial charge on any atom is -0.229 e. The van der Waals surface area contributed by atoms with Crippen LogP contribution in [-0.2, 0) is 16.0 Å². The fourth-order valence-corrected chi connectivity index (χ4v) is 4.87. The molecule has 4 aromatic rings. The normalized spacial score (nSPS) is 12.3. The molecule has 2 heterocycles. The zero-order valence-electron chi connectivity index (χ0n) is 16.2. The SMILES string of the molecule is CS(=O)(=O)c1cccc(-c2ccc(-c3cc(C(F)(F)F)nn3-c3cc(Cl)ccc3F)s2)c1. The van der Waals surface area contributed by atoms with E-state index in [0.717, 1.165) is 34.4 Å². The van der Waals surface area contributed by atoms with Gasteiger partial charge in [0.25, 0.3) is 0 Å². The highest BCUT2D eigenvalue weighted by Gasteiger charge is 2.36.